The molecule has 0 aromatic heterocycles. The van der Waals surface area contributed by atoms with Gasteiger partial charge in [-0.15, -0.1) is 0 Å². The van der Waals surface area contributed by atoms with E-state index in [1.165, 1.54) is 6.92 Å². The van der Waals surface area contributed by atoms with E-state index < -0.39 is 145 Å². The van der Waals surface area contributed by atoms with Gasteiger partial charge in [-0.3, -0.25) is 19.2 Å². The molecule has 14 nitrogen and oxygen atoms in total. The summed E-state index contributed by atoms with van der Waals surface area (Å²) in [5.74, 6) is -16.7. The average molecular weight is 830 g/mol. The molecule has 7 N–H and O–H groups in total. The molecule has 10 saturated carbocycles. The van der Waals surface area contributed by atoms with Gasteiger partial charge in [0.05, 0.1) is 35.6 Å². The number of ether oxygens (including phenoxy) is 3. The normalized spacial score (nSPS) is 62.7. The third-order valence-corrected chi connectivity index (χ3v) is 21.4. The Morgan fingerprint density at radius 3 is 2.13 bits per heavy atom. The lowest BCUT2D eigenvalue weighted by Crippen LogP contribution is -2.94. The number of β-lactam (4-membered cyclic amide) rings is 1. The summed E-state index contributed by atoms with van der Waals surface area (Å²) in [4.78, 5) is 58.2. The van der Waals surface area contributed by atoms with E-state index in [9.17, 15) is 40.2 Å². The standard InChI is InChI=1S/C46H55NO13/c1-14-17-9-12-20-42-16(3)59-46(43(20)24(17)21(14)34(43)52,36(54)28(42)39(6,7)29-23(33(42)51)37(55)47-29)60-40(8,56)26-22-25(26)38(4,5)27-35(53)45(57)44-19(41(27,13-58-45)32(22)50)11-10-18(31(44)49)15(2)30(44)48/h17-29,31,33,35-36,49,51,53-54,56-57H,1-3,9-13H2,4-8H3,(H,47,55)/t17-,18-,19-,20-,21?,22?,23?,24-,25?,26?,27+,28+,29?,31-,33?,35-,36-,40?,41-,42-,43+,44-,45+,46-/m0/s1. The van der Waals surface area contributed by atoms with Gasteiger partial charge < -0.3 is 50.2 Å². The Morgan fingerprint density at radius 1 is 0.783 bits per heavy atom. The highest BCUT2D eigenvalue weighted by Gasteiger charge is 2.97. The second-order valence-corrected chi connectivity index (χ2v) is 23.1. The van der Waals surface area contributed by atoms with Crippen molar-refractivity contribution in [2.24, 2.45) is 104 Å². The maximum atomic E-state index is 15.6. The van der Waals surface area contributed by atoms with Crippen LogP contribution < -0.4 is 5.32 Å². The van der Waals surface area contributed by atoms with Crippen molar-refractivity contribution >= 4 is 23.3 Å². The zero-order valence-corrected chi connectivity index (χ0v) is 34.5. The first kappa shape index (κ1) is 37.7. The summed E-state index contributed by atoms with van der Waals surface area (Å²) in [6.07, 6.45) is -4.37. The van der Waals surface area contributed by atoms with E-state index >= 15 is 9.59 Å². The van der Waals surface area contributed by atoms with Crippen molar-refractivity contribution in [3.8, 4) is 0 Å². The molecule has 5 aliphatic heterocycles. The molecule has 322 valence electrons. The van der Waals surface area contributed by atoms with Crippen molar-refractivity contribution < 1.29 is 64.0 Å². The number of carbonyl (C=O) groups is 4. The summed E-state index contributed by atoms with van der Waals surface area (Å²) < 4.78 is 20.1. The van der Waals surface area contributed by atoms with Crippen molar-refractivity contribution in [3.05, 3.63) is 36.6 Å². The number of nitrogens with one attached hydrogen (secondary N) is 1. The first-order valence-corrected chi connectivity index (χ1v) is 22.1. The van der Waals surface area contributed by atoms with Crippen LogP contribution in [0.5, 0.6) is 0 Å². The molecule has 0 radical (unpaired) electrons. The van der Waals surface area contributed by atoms with Gasteiger partial charge in [0, 0.05) is 41.5 Å². The third-order valence-electron chi connectivity index (χ3n) is 21.4. The van der Waals surface area contributed by atoms with Gasteiger partial charge in [0.15, 0.2) is 17.4 Å². The zero-order chi connectivity index (χ0) is 42.7. The molecule has 15 fully saturated rings. The largest absolute Gasteiger partial charge is 0.463 e. The molecule has 15 rings (SSSR count). The van der Waals surface area contributed by atoms with Gasteiger partial charge in [0.1, 0.15) is 34.6 Å². The van der Waals surface area contributed by atoms with E-state index in [1.807, 2.05) is 27.7 Å². The van der Waals surface area contributed by atoms with Gasteiger partial charge in [-0.25, -0.2) is 0 Å². The SMILES string of the molecule is C=C1C2C(=O)[C@]34[C@H]2[C@H]1CC[C@H]3[C@@]12C(=C)O[C@]4(OC(C)(O)C3C4C(=O)[C@]56CO[C@](O)([C@@H](O)[C@@H]5C(C)(C)C43)[C@]34C(=O)C(=C)[C@H](CC[C@@H]63)[C@@H]4O)[C@@H](O)[C@@H]1C(C)(C)C1NC(=O)C1C2O. The van der Waals surface area contributed by atoms with E-state index in [0.717, 1.165) is 5.57 Å². The molecule has 10 aliphatic carbocycles. The van der Waals surface area contributed by atoms with E-state index in [0.29, 0.717) is 25.7 Å². The molecule has 0 aromatic carbocycles. The summed E-state index contributed by atoms with van der Waals surface area (Å²) in [7, 11) is 0. The van der Waals surface area contributed by atoms with Crippen LogP contribution >= 0.6 is 0 Å². The summed E-state index contributed by atoms with van der Waals surface area (Å²) in [6, 6.07) is -0.512. The second-order valence-electron chi connectivity index (χ2n) is 23.1. The number of amides is 1. The van der Waals surface area contributed by atoms with Crippen molar-refractivity contribution in [2.75, 3.05) is 6.61 Å². The van der Waals surface area contributed by atoms with Crippen LogP contribution in [0.3, 0.4) is 0 Å². The number of ketones is 3. The first-order chi connectivity index (χ1) is 27.9. The number of fused-ring (bicyclic) bond motifs is 5. The second kappa shape index (κ2) is 9.79. The van der Waals surface area contributed by atoms with Gasteiger partial charge in [-0.2, -0.15) is 0 Å². The number of carbonyl (C=O) groups excluding carboxylic acids is 4. The number of aliphatic hydroxyl groups excluding tert-OH is 4. The Morgan fingerprint density at radius 2 is 1.45 bits per heavy atom. The molecule has 60 heavy (non-hydrogen) atoms. The lowest BCUT2D eigenvalue weighted by Gasteiger charge is -2.84. The maximum absolute atomic E-state index is 15.6. The fraction of sp³-hybridized carbons (Fsp3) is 0.783. The average Bonchev–Trinajstić information content (AvgIpc) is 3.93. The number of aliphatic hydroxyl groups is 6. The van der Waals surface area contributed by atoms with Crippen LogP contribution in [0.25, 0.3) is 0 Å². The number of rotatable bonds is 3. The zero-order valence-electron chi connectivity index (χ0n) is 34.5. The minimum absolute atomic E-state index is 0.0953. The summed E-state index contributed by atoms with van der Waals surface area (Å²) in [6.45, 7) is 21.4. The highest BCUT2D eigenvalue weighted by atomic mass is 16.8. The fourth-order valence-electron chi connectivity index (χ4n) is 19.8. The quantitative estimate of drug-likeness (QED) is 0.0893. The summed E-state index contributed by atoms with van der Waals surface area (Å²) in [5.41, 5.74) is -7.42. The minimum Gasteiger partial charge on any atom is -0.463 e. The van der Waals surface area contributed by atoms with Crippen molar-refractivity contribution in [1.82, 2.24) is 5.32 Å². The van der Waals surface area contributed by atoms with Crippen LogP contribution in [-0.4, -0.2) is 108 Å². The maximum Gasteiger partial charge on any atom is 0.252 e. The molecule has 14 heteroatoms. The van der Waals surface area contributed by atoms with Gasteiger partial charge in [0.2, 0.25) is 11.7 Å². The predicted octanol–water partition coefficient (Wildman–Crippen LogP) is 0.521. The molecular formula is C46H55NO13. The third kappa shape index (κ3) is 2.98. The fourth-order valence-corrected chi connectivity index (χ4v) is 19.8. The van der Waals surface area contributed by atoms with Crippen LogP contribution in [0, 0.1) is 104 Å². The smallest absolute Gasteiger partial charge is 0.252 e. The van der Waals surface area contributed by atoms with E-state index in [-0.39, 0.29) is 47.2 Å². The molecule has 4 spiro atoms. The topological polar surface area (TPSA) is 229 Å². The van der Waals surface area contributed by atoms with Crippen LogP contribution in [0.4, 0.5) is 0 Å². The molecular weight excluding hydrogens is 774 g/mol. The van der Waals surface area contributed by atoms with Crippen molar-refractivity contribution in [3.63, 3.8) is 0 Å². The lowest BCUT2D eigenvalue weighted by molar-refractivity contribution is -0.498. The predicted molar refractivity (Wildman–Crippen MR) is 202 cm³/mol. The first-order valence-electron chi connectivity index (χ1n) is 22.1. The number of allylic oxidation sites excluding steroid dienone is 1. The Balaban J connectivity index is 0.951. The van der Waals surface area contributed by atoms with Crippen LogP contribution in [0.2, 0.25) is 0 Å². The van der Waals surface area contributed by atoms with Crippen LogP contribution in [-0.2, 0) is 33.4 Å². The van der Waals surface area contributed by atoms with Gasteiger partial charge >= 0.3 is 0 Å². The van der Waals surface area contributed by atoms with Gasteiger partial charge in [-0.05, 0) is 78.6 Å². The molecule has 1 amide bonds. The number of Topliss-reactive ketones (excluding diaryl/α,β-unsaturated/α-hetero) is 3. The van der Waals surface area contributed by atoms with E-state index in [2.05, 4.69) is 25.1 Å². The Kier molecular flexibility index (Phi) is 6.15. The van der Waals surface area contributed by atoms with Crippen molar-refractivity contribution in [1.29, 1.82) is 0 Å². The van der Waals surface area contributed by atoms with Crippen LogP contribution in [0.15, 0.2) is 36.6 Å². The molecule has 0 aromatic rings. The van der Waals surface area contributed by atoms with E-state index in [4.69, 9.17) is 14.2 Å². The summed E-state index contributed by atoms with van der Waals surface area (Å²) >= 11 is 0. The molecule has 8 unspecified atom stereocenters. The summed E-state index contributed by atoms with van der Waals surface area (Å²) in [5, 5.41) is 78.5. The molecule has 5 heterocycles. The molecule has 24 atom stereocenters. The number of hydrogen-bond acceptors (Lipinski definition) is 13. The van der Waals surface area contributed by atoms with Crippen LogP contribution in [0.1, 0.15) is 60.3 Å². The molecule has 6 bridgehead atoms. The minimum atomic E-state index is -2.50. The van der Waals surface area contributed by atoms with Crippen molar-refractivity contribution in [2.45, 2.75) is 108 Å². The Hall–Kier alpha value is -2.82. The highest BCUT2D eigenvalue weighted by Crippen LogP contribution is 2.88. The van der Waals surface area contributed by atoms with Gasteiger partial charge in [-0.1, -0.05) is 53.0 Å². The lowest BCUT2D eigenvalue weighted by atomic mass is 9.22. The molecule has 15 aliphatic rings. The monoisotopic (exact) mass is 829 g/mol. The number of hydrogen-bond donors (Lipinski definition) is 7. The van der Waals surface area contributed by atoms with Gasteiger partial charge in [0.25, 0.3) is 5.79 Å². The highest BCUT2D eigenvalue weighted by molar-refractivity contribution is 6.06. The Labute approximate surface area is 346 Å². The Bertz CT molecular complexity index is 2290. The van der Waals surface area contributed by atoms with E-state index in [1.54, 1.807) is 0 Å². The molecule has 5 saturated heterocycles.